The van der Waals surface area contributed by atoms with Crippen LogP contribution in [-0.2, 0) is 9.53 Å². The molecule has 0 fully saturated rings. The van der Waals surface area contributed by atoms with Crippen molar-refractivity contribution in [2.75, 3.05) is 0 Å². The van der Waals surface area contributed by atoms with E-state index in [-0.39, 0.29) is 12.8 Å². The molecule has 0 spiro atoms. The average Bonchev–Trinajstić information content (AvgIpc) is 2.46. The standard InChI is InChI=1S/C16H16Cl2O4/c1-2-16(14(19)20,21-12-7-4-3-5-8-12)22-13-9-6-10-15(17,18)11-13/h3-10H,2,11H2,1H3,(H,19,20). The van der Waals surface area contributed by atoms with Gasteiger partial charge < -0.3 is 14.6 Å². The van der Waals surface area contributed by atoms with Gasteiger partial charge in [0.05, 0.1) is 0 Å². The zero-order chi connectivity index (χ0) is 16.2. The molecule has 0 aliphatic heterocycles. The van der Waals surface area contributed by atoms with E-state index in [1.165, 1.54) is 0 Å². The van der Waals surface area contributed by atoms with Crippen molar-refractivity contribution in [3.63, 3.8) is 0 Å². The van der Waals surface area contributed by atoms with Gasteiger partial charge in [-0.25, -0.2) is 4.79 Å². The summed E-state index contributed by atoms with van der Waals surface area (Å²) in [4.78, 5) is 11.7. The quantitative estimate of drug-likeness (QED) is 0.618. The van der Waals surface area contributed by atoms with Gasteiger partial charge in [-0.1, -0.05) is 54.4 Å². The van der Waals surface area contributed by atoms with Crippen LogP contribution in [-0.4, -0.2) is 21.2 Å². The molecule has 1 N–H and O–H groups in total. The highest BCUT2D eigenvalue weighted by molar-refractivity contribution is 6.50. The van der Waals surface area contributed by atoms with Gasteiger partial charge in [0, 0.05) is 12.8 Å². The molecule has 1 aromatic carbocycles. The molecular formula is C16H16Cl2O4. The number of rotatable bonds is 6. The second-order valence-corrected chi connectivity index (χ2v) is 6.40. The van der Waals surface area contributed by atoms with E-state index in [1.54, 1.807) is 49.4 Å². The van der Waals surface area contributed by atoms with E-state index in [4.69, 9.17) is 32.7 Å². The minimum Gasteiger partial charge on any atom is -0.475 e. The van der Waals surface area contributed by atoms with Gasteiger partial charge in [-0.2, -0.15) is 0 Å². The molecule has 6 heteroatoms. The number of halogens is 2. The summed E-state index contributed by atoms with van der Waals surface area (Å²) < 4.78 is 10.1. The van der Waals surface area contributed by atoms with E-state index >= 15 is 0 Å². The summed E-state index contributed by atoms with van der Waals surface area (Å²) in [6.07, 6.45) is 5.14. The second kappa shape index (κ2) is 6.63. The number of hydrogen-bond acceptors (Lipinski definition) is 3. The summed E-state index contributed by atoms with van der Waals surface area (Å²) in [6.45, 7) is 1.67. The molecule has 0 saturated carbocycles. The number of carbonyl (C=O) groups is 1. The molecule has 0 aromatic heterocycles. The molecule has 118 valence electrons. The van der Waals surface area contributed by atoms with Gasteiger partial charge in [0.15, 0.2) is 0 Å². The maximum Gasteiger partial charge on any atom is 0.390 e. The zero-order valence-electron chi connectivity index (χ0n) is 12.0. The van der Waals surface area contributed by atoms with Gasteiger partial charge in [-0.3, -0.25) is 0 Å². The minimum absolute atomic E-state index is 0.107. The normalized spacial score (nSPS) is 19.0. The smallest absolute Gasteiger partial charge is 0.390 e. The fourth-order valence-electron chi connectivity index (χ4n) is 2.01. The Morgan fingerprint density at radius 2 is 2.00 bits per heavy atom. The molecule has 2 rings (SSSR count). The fourth-order valence-corrected chi connectivity index (χ4v) is 2.42. The molecule has 0 radical (unpaired) electrons. The van der Waals surface area contributed by atoms with E-state index in [2.05, 4.69) is 0 Å². The Kier molecular flexibility index (Phi) is 5.04. The molecule has 0 heterocycles. The SMILES string of the molecule is CCC(OC1=CC=CC(Cl)(Cl)C1)(Oc1ccccc1)C(=O)O. The maximum atomic E-state index is 11.7. The lowest BCUT2D eigenvalue weighted by atomic mass is 10.1. The number of allylic oxidation sites excluding steroid dienone is 4. The van der Waals surface area contributed by atoms with Gasteiger partial charge in [-0.05, 0) is 24.3 Å². The number of carboxylic acids is 1. The Morgan fingerprint density at radius 1 is 1.32 bits per heavy atom. The van der Waals surface area contributed by atoms with Crippen molar-refractivity contribution in [1.29, 1.82) is 0 Å². The van der Waals surface area contributed by atoms with Gasteiger partial charge in [0.25, 0.3) is 0 Å². The highest BCUT2D eigenvalue weighted by Crippen LogP contribution is 2.36. The molecule has 0 saturated heterocycles. The van der Waals surface area contributed by atoms with E-state index in [0.29, 0.717) is 11.5 Å². The number of ether oxygens (including phenoxy) is 2. The highest BCUT2D eigenvalue weighted by atomic mass is 35.5. The Labute approximate surface area is 138 Å². The summed E-state index contributed by atoms with van der Waals surface area (Å²) in [7, 11) is 0. The van der Waals surface area contributed by atoms with Crippen molar-refractivity contribution < 1.29 is 19.4 Å². The van der Waals surface area contributed by atoms with Crippen molar-refractivity contribution in [3.8, 4) is 5.75 Å². The first-order valence-electron chi connectivity index (χ1n) is 6.79. The molecule has 22 heavy (non-hydrogen) atoms. The van der Waals surface area contributed by atoms with Gasteiger partial charge in [-0.15, -0.1) is 0 Å². The molecule has 0 bridgehead atoms. The van der Waals surface area contributed by atoms with Gasteiger partial charge in [0.2, 0.25) is 0 Å². The van der Waals surface area contributed by atoms with E-state index < -0.39 is 16.1 Å². The van der Waals surface area contributed by atoms with Crippen molar-refractivity contribution in [3.05, 3.63) is 54.3 Å². The fraction of sp³-hybridized carbons (Fsp3) is 0.312. The number of benzene rings is 1. The van der Waals surface area contributed by atoms with Crippen LogP contribution in [0.25, 0.3) is 0 Å². The molecule has 0 amide bonds. The van der Waals surface area contributed by atoms with E-state index in [9.17, 15) is 9.90 Å². The Morgan fingerprint density at radius 3 is 2.55 bits per heavy atom. The van der Waals surface area contributed by atoms with Crippen LogP contribution in [0, 0.1) is 0 Å². The summed E-state index contributed by atoms with van der Waals surface area (Å²) >= 11 is 12.1. The highest BCUT2D eigenvalue weighted by Gasteiger charge is 2.44. The van der Waals surface area contributed by atoms with Gasteiger partial charge in [0.1, 0.15) is 15.8 Å². The second-order valence-electron chi connectivity index (χ2n) is 4.86. The van der Waals surface area contributed by atoms with Gasteiger partial charge >= 0.3 is 11.8 Å². The van der Waals surface area contributed by atoms with Crippen molar-refractivity contribution in [1.82, 2.24) is 0 Å². The van der Waals surface area contributed by atoms with Crippen molar-refractivity contribution >= 4 is 29.2 Å². The third kappa shape index (κ3) is 3.96. The van der Waals surface area contributed by atoms with Crippen LogP contribution in [0.4, 0.5) is 0 Å². The molecule has 1 aliphatic carbocycles. The van der Waals surface area contributed by atoms with Crippen LogP contribution >= 0.6 is 23.2 Å². The van der Waals surface area contributed by atoms with Crippen LogP contribution in [0.5, 0.6) is 5.75 Å². The molecule has 1 atom stereocenters. The third-order valence-corrected chi connectivity index (χ3v) is 3.66. The molecule has 1 aliphatic rings. The Hall–Kier alpha value is -1.65. The molecule has 4 nitrogen and oxygen atoms in total. The lowest BCUT2D eigenvalue weighted by molar-refractivity contribution is -0.201. The first-order chi connectivity index (χ1) is 10.4. The number of hydrogen-bond donors (Lipinski definition) is 1. The average molecular weight is 343 g/mol. The molecule has 1 unspecified atom stereocenters. The van der Waals surface area contributed by atoms with Crippen molar-refractivity contribution in [2.45, 2.75) is 29.9 Å². The first-order valence-corrected chi connectivity index (χ1v) is 7.55. The summed E-state index contributed by atoms with van der Waals surface area (Å²) in [5.41, 5.74) is 0. The topological polar surface area (TPSA) is 55.8 Å². The first kappa shape index (κ1) is 16.7. The predicted molar refractivity (Wildman–Crippen MR) is 85.1 cm³/mol. The zero-order valence-corrected chi connectivity index (χ0v) is 13.5. The Balaban J connectivity index is 2.25. The number of para-hydroxylation sites is 1. The lowest BCUT2D eigenvalue weighted by Crippen LogP contribution is -2.47. The van der Waals surface area contributed by atoms with Crippen LogP contribution in [0.15, 0.2) is 54.3 Å². The number of alkyl halides is 2. The molecule has 1 aromatic rings. The third-order valence-electron chi connectivity index (χ3n) is 3.15. The van der Waals surface area contributed by atoms with Crippen molar-refractivity contribution in [2.24, 2.45) is 0 Å². The van der Waals surface area contributed by atoms with Crippen LogP contribution < -0.4 is 4.74 Å². The maximum absolute atomic E-state index is 11.7. The lowest BCUT2D eigenvalue weighted by Gasteiger charge is -2.32. The molecular weight excluding hydrogens is 327 g/mol. The van der Waals surface area contributed by atoms with Crippen LogP contribution in [0.2, 0.25) is 0 Å². The predicted octanol–water partition coefficient (Wildman–Crippen LogP) is 4.29. The summed E-state index contributed by atoms with van der Waals surface area (Å²) in [5.74, 6) is -2.29. The van der Waals surface area contributed by atoms with E-state index in [0.717, 1.165) is 0 Å². The minimum atomic E-state index is -1.83. The largest absolute Gasteiger partial charge is 0.475 e. The number of aliphatic carboxylic acids is 1. The Bertz CT molecular complexity index is 595. The van der Waals surface area contributed by atoms with Crippen LogP contribution in [0.3, 0.4) is 0 Å². The summed E-state index contributed by atoms with van der Waals surface area (Å²) in [6, 6.07) is 8.65. The monoisotopic (exact) mass is 342 g/mol. The summed E-state index contributed by atoms with van der Waals surface area (Å²) in [5, 5.41) is 9.58. The number of carboxylic acid groups (broad SMARTS) is 1. The van der Waals surface area contributed by atoms with E-state index in [1.807, 2.05) is 6.07 Å². The van der Waals surface area contributed by atoms with Crippen LogP contribution in [0.1, 0.15) is 19.8 Å².